The maximum atomic E-state index is 12.7. The van der Waals surface area contributed by atoms with Crippen molar-refractivity contribution in [3.8, 4) is 23.0 Å². The number of ether oxygens (including phenoxy) is 2. The number of aromatic nitrogens is 2. The molecule has 150 valence electrons. The van der Waals surface area contributed by atoms with Gasteiger partial charge < -0.3 is 18.9 Å². The Balaban J connectivity index is 1.59. The predicted molar refractivity (Wildman–Crippen MR) is 108 cm³/mol. The average molecular weight is 393 g/mol. The monoisotopic (exact) mass is 393 g/mol. The Kier molecular flexibility index (Phi) is 4.96. The number of methoxy groups -OCH3 is 2. The summed E-state index contributed by atoms with van der Waals surface area (Å²) in [5.41, 5.74) is 3.84. The van der Waals surface area contributed by atoms with E-state index in [0.717, 1.165) is 16.8 Å². The Morgan fingerprint density at radius 1 is 1.07 bits per heavy atom. The van der Waals surface area contributed by atoms with Gasteiger partial charge in [-0.2, -0.15) is 4.98 Å². The van der Waals surface area contributed by atoms with E-state index in [4.69, 9.17) is 14.0 Å². The first-order valence-corrected chi connectivity index (χ1v) is 9.43. The van der Waals surface area contributed by atoms with Gasteiger partial charge in [-0.05, 0) is 43.2 Å². The molecule has 1 fully saturated rings. The van der Waals surface area contributed by atoms with Crippen molar-refractivity contribution in [3.63, 3.8) is 0 Å². The highest BCUT2D eigenvalue weighted by molar-refractivity contribution is 5.97. The molecule has 2 heterocycles. The summed E-state index contributed by atoms with van der Waals surface area (Å²) in [6.07, 6.45) is 0.355. The van der Waals surface area contributed by atoms with E-state index >= 15 is 0 Å². The Morgan fingerprint density at radius 2 is 1.79 bits per heavy atom. The van der Waals surface area contributed by atoms with Gasteiger partial charge in [0.1, 0.15) is 11.5 Å². The Bertz CT molecular complexity index is 1040. The normalized spacial score (nSPS) is 16.3. The van der Waals surface area contributed by atoms with Crippen LogP contribution in [0.5, 0.6) is 11.5 Å². The molecule has 2 aromatic carbocycles. The first kappa shape index (κ1) is 19.0. The molecule has 0 spiro atoms. The predicted octanol–water partition coefficient (Wildman–Crippen LogP) is 3.89. The molecule has 3 aromatic rings. The van der Waals surface area contributed by atoms with Crippen LogP contribution >= 0.6 is 0 Å². The van der Waals surface area contributed by atoms with Crippen molar-refractivity contribution >= 4 is 11.6 Å². The van der Waals surface area contributed by atoms with Gasteiger partial charge in [0.15, 0.2) is 5.82 Å². The number of hydrogen-bond acceptors (Lipinski definition) is 6. The van der Waals surface area contributed by atoms with Crippen molar-refractivity contribution in [2.75, 3.05) is 25.7 Å². The van der Waals surface area contributed by atoms with Crippen LogP contribution in [0.3, 0.4) is 0 Å². The van der Waals surface area contributed by atoms with Crippen molar-refractivity contribution < 1.29 is 18.8 Å². The fraction of sp³-hybridized carbons (Fsp3) is 0.318. The lowest BCUT2D eigenvalue weighted by atomic mass is 10.1. The van der Waals surface area contributed by atoms with Gasteiger partial charge in [-0.25, -0.2) is 0 Å². The lowest BCUT2D eigenvalue weighted by Gasteiger charge is -2.19. The van der Waals surface area contributed by atoms with Crippen LogP contribution in [0.25, 0.3) is 11.5 Å². The number of carbonyl (C=O) groups excluding carboxylic acids is 1. The van der Waals surface area contributed by atoms with Crippen LogP contribution in [0, 0.1) is 13.8 Å². The fourth-order valence-corrected chi connectivity index (χ4v) is 3.57. The quantitative estimate of drug-likeness (QED) is 0.654. The standard InChI is InChI=1S/C22H23N3O4/c1-13-5-6-14(2)19(7-13)25-12-16(10-20(25)26)21-23-22(29-24-21)15-8-17(27-3)11-18(9-15)28-4/h5-9,11,16H,10,12H2,1-4H3. The largest absolute Gasteiger partial charge is 0.497 e. The molecule has 0 aliphatic carbocycles. The van der Waals surface area contributed by atoms with E-state index < -0.39 is 0 Å². The van der Waals surface area contributed by atoms with E-state index in [0.29, 0.717) is 41.7 Å². The van der Waals surface area contributed by atoms with Crippen LogP contribution in [-0.4, -0.2) is 36.8 Å². The zero-order valence-corrected chi connectivity index (χ0v) is 16.9. The molecule has 1 atom stereocenters. The summed E-state index contributed by atoms with van der Waals surface area (Å²) in [7, 11) is 3.17. The molecular formula is C22H23N3O4. The molecule has 0 radical (unpaired) electrons. The second-order valence-corrected chi connectivity index (χ2v) is 7.25. The van der Waals surface area contributed by atoms with Crippen molar-refractivity contribution in [2.24, 2.45) is 0 Å². The average Bonchev–Trinajstić information content (AvgIpc) is 3.36. The van der Waals surface area contributed by atoms with Crippen molar-refractivity contribution in [1.82, 2.24) is 10.1 Å². The third kappa shape index (κ3) is 3.68. The highest BCUT2D eigenvalue weighted by Crippen LogP contribution is 2.34. The van der Waals surface area contributed by atoms with Gasteiger partial charge in [0.25, 0.3) is 5.89 Å². The maximum absolute atomic E-state index is 12.7. The van der Waals surface area contributed by atoms with E-state index in [2.05, 4.69) is 10.1 Å². The van der Waals surface area contributed by atoms with E-state index in [1.807, 2.05) is 49.1 Å². The molecule has 1 unspecified atom stereocenters. The van der Waals surface area contributed by atoms with Gasteiger partial charge in [0, 0.05) is 36.2 Å². The van der Waals surface area contributed by atoms with Crippen LogP contribution in [0.4, 0.5) is 5.69 Å². The Hall–Kier alpha value is -3.35. The zero-order chi connectivity index (χ0) is 20.5. The minimum Gasteiger partial charge on any atom is -0.497 e. The molecular weight excluding hydrogens is 370 g/mol. The van der Waals surface area contributed by atoms with Gasteiger partial charge >= 0.3 is 0 Å². The smallest absolute Gasteiger partial charge is 0.258 e. The fourth-order valence-electron chi connectivity index (χ4n) is 3.57. The third-order valence-corrected chi connectivity index (χ3v) is 5.19. The molecule has 4 rings (SSSR count). The zero-order valence-electron chi connectivity index (χ0n) is 16.9. The highest BCUT2D eigenvalue weighted by atomic mass is 16.5. The van der Waals surface area contributed by atoms with Gasteiger partial charge in [-0.1, -0.05) is 17.3 Å². The molecule has 1 saturated heterocycles. The van der Waals surface area contributed by atoms with Crippen molar-refractivity contribution in [1.29, 1.82) is 0 Å². The summed E-state index contributed by atoms with van der Waals surface area (Å²) in [6, 6.07) is 11.5. The van der Waals surface area contributed by atoms with E-state index in [1.54, 1.807) is 20.3 Å². The number of rotatable bonds is 5. The third-order valence-electron chi connectivity index (χ3n) is 5.19. The van der Waals surface area contributed by atoms with Crippen molar-refractivity contribution in [2.45, 2.75) is 26.2 Å². The van der Waals surface area contributed by atoms with E-state index in [-0.39, 0.29) is 11.8 Å². The number of carbonyl (C=O) groups is 1. The molecule has 1 aliphatic heterocycles. The summed E-state index contributed by atoms with van der Waals surface area (Å²) in [6.45, 7) is 4.57. The van der Waals surface area contributed by atoms with E-state index in [1.165, 1.54) is 0 Å². The summed E-state index contributed by atoms with van der Waals surface area (Å²) >= 11 is 0. The molecule has 0 bridgehead atoms. The van der Waals surface area contributed by atoms with Gasteiger partial charge in [-0.15, -0.1) is 0 Å². The summed E-state index contributed by atoms with van der Waals surface area (Å²) < 4.78 is 16.1. The minimum absolute atomic E-state index is 0.0677. The highest BCUT2D eigenvalue weighted by Gasteiger charge is 2.35. The molecule has 0 saturated carbocycles. The summed E-state index contributed by atoms with van der Waals surface area (Å²) in [5.74, 6) is 2.12. The number of aryl methyl sites for hydroxylation is 2. The number of amides is 1. The first-order valence-electron chi connectivity index (χ1n) is 9.43. The summed E-state index contributed by atoms with van der Waals surface area (Å²) in [5, 5.41) is 4.14. The first-order chi connectivity index (χ1) is 14.0. The van der Waals surface area contributed by atoms with Gasteiger partial charge in [-0.3, -0.25) is 4.79 Å². The Labute approximate surface area is 169 Å². The second-order valence-electron chi connectivity index (χ2n) is 7.25. The van der Waals surface area contributed by atoms with Crippen LogP contribution in [-0.2, 0) is 4.79 Å². The lowest BCUT2D eigenvalue weighted by Crippen LogP contribution is -2.25. The molecule has 7 heteroatoms. The SMILES string of the molecule is COc1cc(OC)cc(-c2nc(C3CC(=O)N(c4cc(C)ccc4C)C3)no2)c1. The van der Waals surface area contributed by atoms with Crippen molar-refractivity contribution in [3.05, 3.63) is 53.3 Å². The molecule has 7 nitrogen and oxygen atoms in total. The van der Waals surface area contributed by atoms with Crippen LogP contribution in [0.15, 0.2) is 40.9 Å². The topological polar surface area (TPSA) is 77.7 Å². The number of benzene rings is 2. The minimum atomic E-state index is -0.118. The molecule has 1 aliphatic rings. The lowest BCUT2D eigenvalue weighted by molar-refractivity contribution is -0.117. The maximum Gasteiger partial charge on any atom is 0.258 e. The molecule has 1 amide bonds. The molecule has 0 N–H and O–H groups in total. The summed E-state index contributed by atoms with van der Waals surface area (Å²) in [4.78, 5) is 19.0. The van der Waals surface area contributed by atoms with Crippen LogP contribution in [0.1, 0.15) is 29.3 Å². The van der Waals surface area contributed by atoms with Gasteiger partial charge in [0.2, 0.25) is 5.91 Å². The number of nitrogens with zero attached hydrogens (tertiary/aromatic N) is 3. The Morgan fingerprint density at radius 3 is 2.48 bits per heavy atom. The van der Waals surface area contributed by atoms with E-state index in [9.17, 15) is 4.79 Å². The van der Waals surface area contributed by atoms with Gasteiger partial charge in [0.05, 0.1) is 14.2 Å². The molecule has 1 aromatic heterocycles. The molecule has 29 heavy (non-hydrogen) atoms. The number of anilines is 1. The number of hydrogen-bond donors (Lipinski definition) is 0. The second kappa shape index (κ2) is 7.58. The van der Waals surface area contributed by atoms with Crippen LogP contribution in [0.2, 0.25) is 0 Å². The van der Waals surface area contributed by atoms with Crippen LogP contribution < -0.4 is 14.4 Å².